The Hall–Kier alpha value is -2.10. The molecule has 0 unspecified atom stereocenters. The third kappa shape index (κ3) is 2.14. The van der Waals surface area contributed by atoms with E-state index in [1.54, 1.807) is 0 Å². The van der Waals surface area contributed by atoms with Gasteiger partial charge in [0.05, 0.1) is 5.56 Å². The van der Waals surface area contributed by atoms with E-state index in [1.807, 2.05) is 0 Å². The molecule has 0 fully saturated rings. The molecule has 0 N–H and O–H groups in total. The van der Waals surface area contributed by atoms with Crippen LogP contribution in [0.2, 0.25) is 0 Å². The molecule has 0 radical (unpaired) electrons. The first-order valence-electron chi connectivity index (χ1n) is 5.23. The number of halogens is 3. The molecule has 2 aromatic rings. The summed E-state index contributed by atoms with van der Waals surface area (Å²) in [7, 11) is 0. The monoisotopic (exact) mass is 250 g/mol. The number of hydrogen-bond donors (Lipinski definition) is 0. The maximum absolute atomic E-state index is 13.6. The molecule has 0 aromatic heterocycles. The lowest BCUT2D eigenvalue weighted by Gasteiger charge is -2.07. The van der Waals surface area contributed by atoms with Gasteiger partial charge in [-0.2, -0.15) is 0 Å². The van der Waals surface area contributed by atoms with E-state index in [0.717, 1.165) is 12.1 Å². The predicted octanol–water partition coefficient (Wildman–Crippen LogP) is 3.89. The van der Waals surface area contributed by atoms with Crippen molar-refractivity contribution < 1.29 is 18.0 Å². The van der Waals surface area contributed by atoms with Crippen molar-refractivity contribution in [2.24, 2.45) is 0 Å². The van der Waals surface area contributed by atoms with Crippen LogP contribution in [0.3, 0.4) is 0 Å². The molecular formula is C14H9F3O. The second kappa shape index (κ2) is 4.64. The van der Waals surface area contributed by atoms with Gasteiger partial charge in [-0.3, -0.25) is 4.79 Å². The van der Waals surface area contributed by atoms with E-state index in [-0.39, 0.29) is 16.7 Å². The standard InChI is InChI=1S/C14H9F3O/c1-8-4-11(14(17)6-13(8)16)9-2-3-12(15)10(5-9)7-18/h2-7H,1H3. The van der Waals surface area contributed by atoms with Crippen molar-refractivity contribution in [1.82, 2.24) is 0 Å². The molecule has 0 spiro atoms. The van der Waals surface area contributed by atoms with Crippen LogP contribution in [-0.2, 0) is 0 Å². The SMILES string of the molecule is Cc1cc(-c2ccc(F)c(C=O)c2)c(F)cc1F. The maximum Gasteiger partial charge on any atom is 0.153 e. The first-order chi connectivity index (χ1) is 8.52. The molecular weight excluding hydrogens is 241 g/mol. The molecule has 0 saturated carbocycles. The van der Waals surface area contributed by atoms with Crippen LogP contribution >= 0.6 is 0 Å². The number of rotatable bonds is 2. The topological polar surface area (TPSA) is 17.1 Å². The lowest BCUT2D eigenvalue weighted by atomic mass is 10.0. The third-order valence-corrected chi connectivity index (χ3v) is 2.68. The van der Waals surface area contributed by atoms with Gasteiger partial charge in [-0.1, -0.05) is 6.07 Å². The van der Waals surface area contributed by atoms with Crippen LogP contribution in [0.4, 0.5) is 13.2 Å². The molecule has 1 nitrogen and oxygen atoms in total. The molecule has 0 aliphatic carbocycles. The summed E-state index contributed by atoms with van der Waals surface area (Å²) in [6.45, 7) is 1.50. The number of hydrogen-bond acceptors (Lipinski definition) is 1. The Labute approximate surface area is 102 Å². The van der Waals surface area contributed by atoms with Gasteiger partial charge in [0.25, 0.3) is 0 Å². The van der Waals surface area contributed by atoms with Crippen molar-refractivity contribution in [3.63, 3.8) is 0 Å². The minimum absolute atomic E-state index is 0.136. The normalized spacial score (nSPS) is 10.4. The molecule has 0 amide bonds. The second-order valence-electron chi connectivity index (χ2n) is 3.94. The van der Waals surface area contributed by atoms with E-state index in [0.29, 0.717) is 11.8 Å². The Balaban J connectivity index is 2.62. The Kier molecular flexibility index (Phi) is 3.19. The highest BCUT2D eigenvalue weighted by Gasteiger charge is 2.11. The highest BCUT2D eigenvalue weighted by atomic mass is 19.1. The van der Waals surface area contributed by atoms with Gasteiger partial charge in [0.2, 0.25) is 0 Å². The number of benzene rings is 2. The predicted molar refractivity (Wildman–Crippen MR) is 61.9 cm³/mol. The van der Waals surface area contributed by atoms with Gasteiger partial charge >= 0.3 is 0 Å². The van der Waals surface area contributed by atoms with Gasteiger partial charge in [0.15, 0.2) is 6.29 Å². The van der Waals surface area contributed by atoms with Gasteiger partial charge < -0.3 is 0 Å². The largest absolute Gasteiger partial charge is 0.298 e. The average Bonchev–Trinajstić information content (AvgIpc) is 2.35. The maximum atomic E-state index is 13.6. The molecule has 18 heavy (non-hydrogen) atoms. The van der Waals surface area contributed by atoms with Gasteiger partial charge in [0, 0.05) is 11.6 Å². The van der Waals surface area contributed by atoms with Crippen LogP contribution in [0.25, 0.3) is 11.1 Å². The fourth-order valence-corrected chi connectivity index (χ4v) is 1.68. The Morgan fingerprint density at radius 3 is 2.33 bits per heavy atom. The van der Waals surface area contributed by atoms with Gasteiger partial charge in [0.1, 0.15) is 17.5 Å². The molecule has 92 valence electrons. The molecule has 2 rings (SSSR count). The summed E-state index contributed by atoms with van der Waals surface area (Å²) in [6, 6.07) is 5.76. The first-order valence-corrected chi connectivity index (χ1v) is 5.23. The molecule has 0 aliphatic heterocycles. The Morgan fingerprint density at radius 2 is 1.67 bits per heavy atom. The van der Waals surface area contributed by atoms with Crippen LogP contribution in [0.15, 0.2) is 30.3 Å². The van der Waals surface area contributed by atoms with Crippen molar-refractivity contribution in [3.05, 3.63) is 58.9 Å². The second-order valence-corrected chi connectivity index (χ2v) is 3.94. The van der Waals surface area contributed by atoms with Crippen LogP contribution in [-0.4, -0.2) is 6.29 Å². The summed E-state index contributed by atoms with van der Waals surface area (Å²) in [5.74, 6) is -2.07. The fraction of sp³-hybridized carbons (Fsp3) is 0.0714. The third-order valence-electron chi connectivity index (χ3n) is 2.68. The number of aldehydes is 1. The van der Waals surface area contributed by atoms with Crippen LogP contribution in [0, 0.1) is 24.4 Å². The van der Waals surface area contributed by atoms with E-state index >= 15 is 0 Å². The van der Waals surface area contributed by atoms with Crippen LogP contribution in [0.5, 0.6) is 0 Å². The molecule has 0 bridgehead atoms. The van der Waals surface area contributed by atoms with E-state index in [1.165, 1.54) is 25.1 Å². The Bertz CT molecular complexity index is 621. The van der Waals surface area contributed by atoms with E-state index < -0.39 is 17.5 Å². The van der Waals surface area contributed by atoms with E-state index in [9.17, 15) is 18.0 Å². The van der Waals surface area contributed by atoms with E-state index in [4.69, 9.17) is 0 Å². The molecule has 0 heterocycles. The molecule has 0 aliphatic rings. The summed E-state index contributed by atoms with van der Waals surface area (Å²) in [5, 5.41) is 0. The lowest BCUT2D eigenvalue weighted by molar-refractivity contribution is 0.112. The van der Waals surface area contributed by atoms with Crippen molar-refractivity contribution in [3.8, 4) is 11.1 Å². The van der Waals surface area contributed by atoms with Gasteiger partial charge in [-0.05, 0) is 36.2 Å². The van der Waals surface area contributed by atoms with Crippen molar-refractivity contribution in [1.29, 1.82) is 0 Å². The molecule has 0 saturated heterocycles. The minimum atomic E-state index is -0.749. The quantitative estimate of drug-likeness (QED) is 0.739. The van der Waals surface area contributed by atoms with Crippen molar-refractivity contribution in [2.75, 3.05) is 0 Å². The zero-order valence-electron chi connectivity index (χ0n) is 9.51. The lowest BCUT2D eigenvalue weighted by Crippen LogP contribution is -1.93. The van der Waals surface area contributed by atoms with Crippen molar-refractivity contribution >= 4 is 6.29 Å². The molecule has 0 atom stereocenters. The van der Waals surface area contributed by atoms with E-state index in [2.05, 4.69) is 0 Å². The summed E-state index contributed by atoms with van der Waals surface area (Å²) >= 11 is 0. The summed E-state index contributed by atoms with van der Waals surface area (Å²) in [6.07, 6.45) is 0.354. The first kappa shape index (κ1) is 12.4. The number of carbonyl (C=O) groups excluding carboxylic acids is 1. The molecule has 4 heteroatoms. The minimum Gasteiger partial charge on any atom is -0.298 e. The molecule has 2 aromatic carbocycles. The number of aryl methyl sites for hydroxylation is 1. The zero-order chi connectivity index (χ0) is 13.3. The summed E-state index contributed by atoms with van der Waals surface area (Å²) in [5.41, 5.74) is 0.591. The summed E-state index contributed by atoms with van der Waals surface area (Å²) in [4.78, 5) is 10.6. The van der Waals surface area contributed by atoms with Crippen LogP contribution < -0.4 is 0 Å². The zero-order valence-corrected chi connectivity index (χ0v) is 9.51. The van der Waals surface area contributed by atoms with Gasteiger partial charge in [-0.15, -0.1) is 0 Å². The fourth-order valence-electron chi connectivity index (χ4n) is 1.68. The average molecular weight is 250 g/mol. The highest BCUT2D eigenvalue weighted by molar-refractivity contribution is 5.79. The van der Waals surface area contributed by atoms with Gasteiger partial charge in [-0.25, -0.2) is 13.2 Å². The number of carbonyl (C=O) groups is 1. The summed E-state index contributed by atoms with van der Waals surface area (Å²) < 4.78 is 39.9. The van der Waals surface area contributed by atoms with Crippen LogP contribution in [0.1, 0.15) is 15.9 Å². The Morgan fingerprint density at radius 1 is 0.944 bits per heavy atom. The smallest absolute Gasteiger partial charge is 0.153 e. The van der Waals surface area contributed by atoms with Crippen molar-refractivity contribution in [2.45, 2.75) is 6.92 Å². The highest BCUT2D eigenvalue weighted by Crippen LogP contribution is 2.26.